The first-order valence-electron chi connectivity index (χ1n) is 9.54. The molecule has 0 radical (unpaired) electrons. The Kier molecular flexibility index (Phi) is 6.42. The molecule has 0 saturated heterocycles. The summed E-state index contributed by atoms with van der Waals surface area (Å²) in [7, 11) is -1.97. The quantitative estimate of drug-likeness (QED) is 0.383. The van der Waals surface area contributed by atoms with E-state index in [0.29, 0.717) is 0 Å². The van der Waals surface area contributed by atoms with Crippen LogP contribution in [-0.4, -0.2) is 6.16 Å². The zero-order valence-corrected chi connectivity index (χ0v) is 16.2. The summed E-state index contributed by atoms with van der Waals surface area (Å²) >= 11 is 0. The van der Waals surface area contributed by atoms with Crippen LogP contribution in [0.2, 0.25) is 0 Å². The molecule has 0 unspecified atom stereocenters. The fraction of sp³-hybridized carbons (Fsp3) is 0.250. The molecule has 3 aromatic carbocycles. The monoisotopic (exact) mass is 348 g/mol. The summed E-state index contributed by atoms with van der Waals surface area (Å²) in [6, 6.07) is 33.7. The van der Waals surface area contributed by atoms with E-state index >= 15 is 0 Å². The van der Waals surface area contributed by atoms with Crippen LogP contribution < -0.4 is 15.9 Å². The molecule has 0 bridgehead atoms. The van der Waals surface area contributed by atoms with E-state index in [9.17, 15) is 0 Å². The molecule has 0 spiro atoms. The number of hydrogen-bond acceptors (Lipinski definition) is 0. The van der Waals surface area contributed by atoms with Gasteiger partial charge in [0, 0.05) is 0 Å². The molecular formula is C24H29P. The van der Waals surface area contributed by atoms with Crippen LogP contribution in [0, 0.1) is 0 Å². The molecule has 0 N–H and O–H groups in total. The Hall–Kier alpha value is -1.91. The molecule has 0 saturated carbocycles. The maximum absolute atomic E-state index is 2.35. The fourth-order valence-corrected chi connectivity index (χ4v) is 8.85. The minimum atomic E-state index is -1.97. The second kappa shape index (κ2) is 8.97. The van der Waals surface area contributed by atoms with Crippen molar-refractivity contribution in [1.29, 1.82) is 0 Å². The van der Waals surface area contributed by atoms with E-state index in [0.717, 1.165) is 0 Å². The topological polar surface area (TPSA) is 0 Å². The first-order valence-corrected chi connectivity index (χ1v) is 11.7. The summed E-state index contributed by atoms with van der Waals surface area (Å²) < 4.78 is 0. The minimum absolute atomic E-state index is 1.28. The molecule has 0 aliphatic carbocycles. The van der Waals surface area contributed by atoms with E-state index in [2.05, 4.69) is 97.9 Å². The van der Waals surface area contributed by atoms with Crippen molar-refractivity contribution in [3.05, 3.63) is 91.0 Å². The summed E-state index contributed by atoms with van der Waals surface area (Å²) in [4.78, 5) is 0. The Balaban J connectivity index is 2.13. The van der Waals surface area contributed by atoms with Crippen molar-refractivity contribution in [1.82, 2.24) is 0 Å². The van der Waals surface area contributed by atoms with Crippen molar-refractivity contribution < 1.29 is 0 Å². The number of hydrogen-bond donors (Lipinski definition) is 0. The van der Waals surface area contributed by atoms with Crippen molar-refractivity contribution in [2.75, 3.05) is 6.16 Å². The summed E-state index contributed by atoms with van der Waals surface area (Å²) in [6.45, 7) is 2.29. The Labute approximate surface area is 153 Å². The molecular weight excluding hydrogens is 319 g/mol. The van der Waals surface area contributed by atoms with Crippen molar-refractivity contribution in [3.8, 4) is 0 Å². The van der Waals surface area contributed by atoms with Crippen LogP contribution in [0.15, 0.2) is 91.0 Å². The average molecular weight is 348 g/mol. The van der Waals surface area contributed by atoms with Gasteiger partial charge in [-0.25, -0.2) is 0 Å². The SMILES string of the molecule is CCCCCC[PH](c1ccccc1)(c1ccccc1)c1ccccc1. The third kappa shape index (κ3) is 4.02. The van der Waals surface area contributed by atoms with Gasteiger partial charge < -0.3 is 0 Å². The zero-order valence-electron chi connectivity index (χ0n) is 15.2. The normalized spacial score (nSPS) is 12.0. The van der Waals surface area contributed by atoms with Gasteiger partial charge in [0.05, 0.1) is 0 Å². The van der Waals surface area contributed by atoms with Gasteiger partial charge >= 0.3 is 153 Å². The third-order valence-corrected chi connectivity index (χ3v) is 10.3. The molecule has 0 aliphatic rings. The van der Waals surface area contributed by atoms with Gasteiger partial charge in [-0.05, 0) is 0 Å². The van der Waals surface area contributed by atoms with Gasteiger partial charge in [0.25, 0.3) is 0 Å². The first-order chi connectivity index (χ1) is 12.4. The Morgan fingerprint density at radius 2 is 0.920 bits per heavy atom. The Bertz CT molecular complexity index is 638. The number of unbranched alkanes of at least 4 members (excludes halogenated alkanes) is 3. The average Bonchev–Trinajstić information content (AvgIpc) is 2.70. The molecule has 3 aromatic rings. The van der Waals surface area contributed by atoms with Crippen LogP contribution in [0.1, 0.15) is 32.6 Å². The van der Waals surface area contributed by atoms with Gasteiger partial charge in [-0.2, -0.15) is 0 Å². The third-order valence-electron chi connectivity index (χ3n) is 5.21. The Morgan fingerprint density at radius 1 is 0.520 bits per heavy atom. The van der Waals surface area contributed by atoms with Gasteiger partial charge in [-0.15, -0.1) is 0 Å². The van der Waals surface area contributed by atoms with E-state index in [-0.39, 0.29) is 0 Å². The van der Waals surface area contributed by atoms with Crippen LogP contribution in [0.5, 0.6) is 0 Å². The van der Waals surface area contributed by atoms with E-state index < -0.39 is 7.26 Å². The molecule has 130 valence electrons. The van der Waals surface area contributed by atoms with Crippen molar-refractivity contribution in [3.63, 3.8) is 0 Å². The molecule has 0 aromatic heterocycles. The first kappa shape index (κ1) is 17.9. The van der Waals surface area contributed by atoms with Crippen LogP contribution in [0.25, 0.3) is 0 Å². The summed E-state index contributed by atoms with van der Waals surface area (Å²) in [6.07, 6.45) is 6.54. The van der Waals surface area contributed by atoms with E-state index in [1.165, 1.54) is 47.8 Å². The van der Waals surface area contributed by atoms with Gasteiger partial charge in [0.2, 0.25) is 0 Å². The van der Waals surface area contributed by atoms with Crippen molar-refractivity contribution >= 4 is 23.2 Å². The molecule has 0 atom stereocenters. The van der Waals surface area contributed by atoms with Crippen molar-refractivity contribution in [2.45, 2.75) is 32.6 Å². The summed E-state index contributed by atoms with van der Waals surface area (Å²) in [5.41, 5.74) is 0. The van der Waals surface area contributed by atoms with Gasteiger partial charge in [0.1, 0.15) is 0 Å². The van der Waals surface area contributed by atoms with Gasteiger partial charge in [0.15, 0.2) is 0 Å². The fourth-order valence-electron chi connectivity index (χ4n) is 3.92. The molecule has 25 heavy (non-hydrogen) atoms. The molecule has 0 nitrogen and oxygen atoms in total. The van der Waals surface area contributed by atoms with Gasteiger partial charge in [-0.3, -0.25) is 0 Å². The Morgan fingerprint density at radius 3 is 1.28 bits per heavy atom. The van der Waals surface area contributed by atoms with Crippen LogP contribution in [0.4, 0.5) is 0 Å². The zero-order chi connectivity index (χ0) is 17.4. The molecule has 0 fully saturated rings. The summed E-state index contributed by atoms with van der Waals surface area (Å²) in [5, 5.41) is 4.59. The van der Waals surface area contributed by atoms with Crippen molar-refractivity contribution in [2.24, 2.45) is 0 Å². The van der Waals surface area contributed by atoms with E-state index in [1.54, 1.807) is 0 Å². The number of benzene rings is 3. The van der Waals surface area contributed by atoms with Crippen LogP contribution in [0.3, 0.4) is 0 Å². The molecule has 3 rings (SSSR count). The standard InChI is InChI=1S/C24H29P/c1-2-3-4-14-21-25(22-15-8-5-9-16-22,23-17-10-6-11-18-23)24-19-12-7-13-20-24/h5-13,15-20,25H,2-4,14,21H2,1H3. The molecule has 0 aliphatic heterocycles. The second-order valence-electron chi connectivity index (χ2n) is 6.81. The molecule has 0 amide bonds. The van der Waals surface area contributed by atoms with Crippen LogP contribution in [-0.2, 0) is 0 Å². The van der Waals surface area contributed by atoms with E-state index in [1.807, 2.05) is 0 Å². The summed E-state index contributed by atoms with van der Waals surface area (Å²) in [5.74, 6) is 0. The molecule has 1 heteroatoms. The van der Waals surface area contributed by atoms with E-state index in [4.69, 9.17) is 0 Å². The van der Waals surface area contributed by atoms with Crippen LogP contribution >= 0.6 is 7.26 Å². The maximum atomic E-state index is 2.35. The second-order valence-corrected chi connectivity index (χ2v) is 10.9. The number of rotatable bonds is 8. The molecule has 0 heterocycles. The predicted molar refractivity (Wildman–Crippen MR) is 116 cm³/mol. The predicted octanol–water partition coefficient (Wildman–Crippen LogP) is 5.29. The van der Waals surface area contributed by atoms with Gasteiger partial charge in [-0.1, -0.05) is 0 Å².